The van der Waals surface area contributed by atoms with Crippen LogP contribution in [-0.2, 0) is 12.8 Å². The molecule has 0 radical (unpaired) electrons. The van der Waals surface area contributed by atoms with E-state index in [1.165, 1.54) is 14.0 Å². The quantitative estimate of drug-likeness (QED) is 0.635. The van der Waals surface area contributed by atoms with Crippen molar-refractivity contribution < 1.29 is 0 Å². The van der Waals surface area contributed by atoms with Crippen LogP contribution in [0, 0.1) is 3.57 Å². The first-order chi connectivity index (χ1) is 7.24. The van der Waals surface area contributed by atoms with Gasteiger partial charge in [-0.3, -0.25) is 4.68 Å². The second kappa shape index (κ2) is 5.03. The molecule has 1 heterocycles. The molecule has 0 aliphatic heterocycles. The van der Waals surface area contributed by atoms with Gasteiger partial charge in [0.25, 0.3) is 0 Å². The van der Waals surface area contributed by atoms with E-state index in [2.05, 4.69) is 52.0 Å². The average Bonchev–Trinajstić information content (AvgIpc) is 2.64. The minimum atomic E-state index is 1.00. The van der Waals surface area contributed by atoms with Crippen LogP contribution < -0.4 is 0 Å². The van der Waals surface area contributed by atoms with Crippen molar-refractivity contribution in [1.82, 2.24) is 9.78 Å². The summed E-state index contributed by atoms with van der Waals surface area (Å²) in [5, 5.41) is 4.14. The second-order valence-electron chi connectivity index (χ2n) is 3.26. The fraction of sp³-hybridized carbons (Fsp3) is 0.182. The largest absolute Gasteiger partial charge is 0.275 e. The van der Waals surface area contributed by atoms with Gasteiger partial charge < -0.3 is 0 Å². The van der Waals surface area contributed by atoms with Crippen molar-refractivity contribution in [3.8, 4) is 0 Å². The molecule has 0 amide bonds. The zero-order valence-corrected chi connectivity index (χ0v) is 11.3. The van der Waals surface area contributed by atoms with Gasteiger partial charge in [-0.1, -0.05) is 12.1 Å². The first-order valence-corrected chi connectivity index (χ1v) is 6.66. The lowest BCUT2D eigenvalue weighted by Gasteiger charge is -1.99. The maximum atomic E-state index is 4.14. The van der Waals surface area contributed by atoms with E-state index in [4.69, 9.17) is 0 Å². The maximum absolute atomic E-state index is 4.14. The van der Waals surface area contributed by atoms with Gasteiger partial charge in [-0.25, -0.2) is 0 Å². The lowest BCUT2D eigenvalue weighted by atomic mass is 10.2. The lowest BCUT2D eigenvalue weighted by Crippen LogP contribution is -1.84. The highest BCUT2D eigenvalue weighted by molar-refractivity contribution is 14.1. The van der Waals surface area contributed by atoms with Gasteiger partial charge in [0.05, 0.1) is 6.20 Å². The molecule has 2 nitrogen and oxygen atoms in total. The van der Waals surface area contributed by atoms with Crippen molar-refractivity contribution in [2.45, 2.75) is 10.6 Å². The van der Waals surface area contributed by atoms with Crippen molar-refractivity contribution >= 4 is 34.4 Å². The van der Waals surface area contributed by atoms with Crippen molar-refractivity contribution in [1.29, 1.82) is 0 Å². The molecular formula is C11H11IN2S. The molecule has 0 aliphatic rings. The summed E-state index contributed by atoms with van der Waals surface area (Å²) < 4.78 is 3.11. The van der Waals surface area contributed by atoms with Gasteiger partial charge in [0.15, 0.2) is 0 Å². The molecule has 2 rings (SSSR count). The predicted molar refractivity (Wildman–Crippen MR) is 71.9 cm³/mol. The first-order valence-electron chi connectivity index (χ1n) is 4.60. The minimum Gasteiger partial charge on any atom is -0.275 e. The van der Waals surface area contributed by atoms with Gasteiger partial charge in [0, 0.05) is 27.5 Å². The molecule has 0 fully saturated rings. The highest BCUT2D eigenvalue weighted by atomic mass is 127. The van der Waals surface area contributed by atoms with E-state index >= 15 is 0 Å². The molecule has 2 aromatic rings. The van der Waals surface area contributed by atoms with Crippen LogP contribution in [0.15, 0.2) is 41.6 Å². The number of nitrogens with zero attached hydrogens (tertiary/aromatic N) is 2. The Labute approximate surface area is 107 Å². The monoisotopic (exact) mass is 330 g/mol. The van der Waals surface area contributed by atoms with Crippen molar-refractivity contribution in [3.05, 3.63) is 45.8 Å². The fourth-order valence-electron chi connectivity index (χ4n) is 1.22. The van der Waals surface area contributed by atoms with Crippen LogP contribution in [0.2, 0.25) is 0 Å². The molecule has 0 bridgehead atoms. The highest BCUT2D eigenvalue weighted by Crippen LogP contribution is 2.22. The number of hydrogen-bond donors (Lipinski definition) is 0. The summed E-state index contributed by atoms with van der Waals surface area (Å²) in [5.74, 6) is 1.00. The Kier molecular flexibility index (Phi) is 3.69. The van der Waals surface area contributed by atoms with Crippen LogP contribution in [0.4, 0.5) is 0 Å². The fourth-order valence-corrected chi connectivity index (χ4v) is 2.45. The number of halogens is 1. The van der Waals surface area contributed by atoms with Gasteiger partial charge in [0.1, 0.15) is 0 Å². The molecule has 0 saturated heterocycles. The normalized spacial score (nSPS) is 10.5. The van der Waals surface area contributed by atoms with Gasteiger partial charge in [0.2, 0.25) is 0 Å². The SMILES string of the molecule is Cn1cc(SCc2ccc(I)cc2)cn1. The molecule has 0 spiro atoms. The molecule has 0 saturated carbocycles. The van der Waals surface area contributed by atoms with Crippen LogP contribution >= 0.6 is 34.4 Å². The zero-order valence-electron chi connectivity index (χ0n) is 8.35. The van der Waals surface area contributed by atoms with Crippen molar-refractivity contribution in [2.24, 2.45) is 7.05 Å². The van der Waals surface area contributed by atoms with Crippen molar-refractivity contribution in [2.75, 3.05) is 0 Å². The smallest absolute Gasteiger partial charge is 0.0625 e. The van der Waals surface area contributed by atoms with E-state index < -0.39 is 0 Å². The molecule has 0 atom stereocenters. The molecule has 1 aromatic heterocycles. The summed E-state index contributed by atoms with van der Waals surface area (Å²) in [6.45, 7) is 0. The number of aryl methyl sites for hydroxylation is 1. The standard InChI is InChI=1S/C11H11IN2S/c1-14-7-11(6-13-14)15-8-9-2-4-10(12)5-3-9/h2-7H,8H2,1H3. The van der Waals surface area contributed by atoms with Crippen LogP contribution in [0.3, 0.4) is 0 Å². The Morgan fingerprint density at radius 3 is 2.67 bits per heavy atom. The minimum absolute atomic E-state index is 1.00. The molecule has 0 aliphatic carbocycles. The second-order valence-corrected chi connectivity index (χ2v) is 5.56. The summed E-state index contributed by atoms with van der Waals surface area (Å²) in [4.78, 5) is 1.22. The van der Waals surface area contributed by atoms with E-state index in [0.717, 1.165) is 5.75 Å². The van der Waals surface area contributed by atoms with E-state index in [1.807, 2.05) is 35.9 Å². The zero-order chi connectivity index (χ0) is 10.7. The highest BCUT2D eigenvalue weighted by Gasteiger charge is 1.98. The van der Waals surface area contributed by atoms with E-state index in [-0.39, 0.29) is 0 Å². The lowest BCUT2D eigenvalue weighted by molar-refractivity contribution is 0.766. The molecule has 4 heteroatoms. The van der Waals surface area contributed by atoms with E-state index in [1.54, 1.807) is 0 Å². The number of thioether (sulfide) groups is 1. The summed E-state index contributed by atoms with van der Waals surface area (Å²) >= 11 is 4.13. The first kappa shape index (κ1) is 11.0. The Morgan fingerprint density at radius 1 is 1.33 bits per heavy atom. The van der Waals surface area contributed by atoms with Crippen LogP contribution in [0.5, 0.6) is 0 Å². The van der Waals surface area contributed by atoms with Crippen LogP contribution in [0.25, 0.3) is 0 Å². The molecule has 0 unspecified atom stereocenters. The van der Waals surface area contributed by atoms with Crippen molar-refractivity contribution in [3.63, 3.8) is 0 Å². The van der Waals surface area contributed by atoms with Gasteiger partial charge in [-0.05, 0) is 40.3 Å². The van der Waals surface area contributed by atoms with E-state index in [0.29, 0.717) is 0 Å². The van der Waals surface area contributed by atoms with Gasteiger partial charge in [-0.2, -0.15) is 5.10 Å². The molecule has 15 heavy (non-hydrogen) atoms. The molecule has 0 N–H and O–H groups in total. The third-order valence-corrected chi connectivity index (χ3v) is 3.74. The summed E-state index contributed by atoms with van der Waals surface area (Å²) in [6, 6.07) is 8.62. The predicted octanol–water partition coefficient (Wildman–Crippen LogP) is 3.32. The molecule has 1 aromatic carbocycles. The number of aromatic nitrogens is 2. The van der Waals surface area contributed by atoms with Gasteiger partial charge in [-0.15, -0.1) is 11.8 Å². The average molecular weight is 330 g/mol. The number of benzene rings is 1. The third kappa shape index (κ3) is 3.24. The van der Waals surface area contributed by atoms with Crippen LogP contribution in [0.1, 0.15) is 5.56 Å². The summed E-state index contributed by atoms with van der Waals surface area (Å²) in [7, 11) is 1.94. The molecular weight excluding hydrogens is 319 g/mol. The number of hydrogen-bond acceptors (Lipinski definition) is 2. The van der Waals surface area contributed by atoms with Crippen LogP contribution in [-0.4, -0.2) is 9.78 Å². The number of rotatable bonds is 3. The Hall–Kier alpha value is -0.490. The van der Waals surface area contributed by atoms with Gasteiger partial charge >= 0.3 is 0 Å². The topological polar surface area (TPSA) is 17.8 Å². The maximum Gasteiger partial charge on any atom is 0.0625 e. The third-order valence-electron chi connectivity index (χ3n) is 2.00. The molecule has 78 valence electrons. The summed E-state index contributed by atoms with van der Waals surface area (Å²) in [5.41, 5.74) is 1.35. The summed E-state index contributed by atoms with van der Waals surface area (Å²) in [6.07, 6.45) is 3.94. The van der Waals surface area contributed by atoms with E-state index in [9.17, 15) is 0 Å². The Morgan fingerprint density at radius 2 is 2.07 bits per heavy atom. The Balaban J connectivity index is 1.96. The Bertz CT molecular complexity index is 436.